The molecular formula is C15H21N3O2S. The molecule has 0 aromatic carbocycles. The van der Waals surface area contributed by atoms with Crippen LogP contribution in [0.15, 0.2) is 11.4 Å². The zero-order valence-corrected chi connectivity index (χ0v) is 13.4. The van der Waals surface area contributed by atoms with Crippen molar-refractivity contribution in [2.24, 2.45) is 5.73 Å². The van der Waals surface area contributed by atoms with Crippen molar-refractivity contribution < 1.29 is 9.59 Å². The van der Waals surface area contributed by atoms with E-state index in [1.165, 1.54) is 11.3 Å². The highest BCUT2D eigenvalue weighted by molar-refractivity contribution is 7.10. The van der Waals surface area contributed by atoms with Crippen LogP contribution < -0.4 is 11.1 Å². The molecule has 3 N–H and O–H groups in total. The van der Waals surface area contributed by atoms with E-state index >= 15 is 0 Å². The number of amides is 2. The van der Waals surface area contributed by atoms with Crippen LogP contribution in [0.2, 0.25) is 0 Å². The second-order valence-corrected chi connectivity index (χ2v) is 5.32. The Morgan fingerprint density at radius 3 is 2.67 bits per heavy atom. The van der Waals surface area contributed by atoms with Crippen molar-refractivity contribution in [3.63, 3.8) is 0 Å². The Morgan fingerprint density at radius 1 is 1.43 bits per heavy atom. The van der Waals surface area contributed by atoms with Crippen LogP contribution in [0.1, 0.15) is 36.0 Å². The molecule has 114 valence electrons. The summed E-state index contributed by atoms with van der Waals surface area (Å²) in [7, 11) is 0. The molecule has 0 bridgehead atoms. The summed E-state index contributed by atoms with van der Waals surface area (Å²) < 4.78 is 0. The minimum Gasteiger partial charge on any atom is -0.341 e. The van der Waals surface area contributed by atoms with E-state index in [2.05, 4.69) is 17.2 Å². The van der Waals surface area contributed by atoms with E-state index in [0.717, 1.165) is 4.88 Å². The molecule has 1 aromatic rings. The van der Waals surface area contributed by atoms with E-state index in [0.29, 0.717) is 18.7 Å². The maximum atomic E-state index is 12.1. The van der Waals surface area contributed by atoms with Crippen molar-refractivity contribution in [2.45, 2.75) is 26.8 Å². The lowest BCUT2D eigenvalue weighted by atomic mass is 10.2. The van der Waals surface area contributed by atoms with Crippen LogP contribution in [0.5, 0.6) is 0 Å². The van der Waals surface area contributed by atoms with Crippen molar-refractivity contribution in [3.8, 4) is 11.8 Å². The standard InChI is InChI=1S/C15H21N3O2S/c1-4-18(5-2)15(20)11(3)17-14(19)12-9-13(21-10-12)7-6-8-16/h9-11H,4-5,8,16H2,1-3H3,(H,17,19). The number of rotatable bonds is 5. The summed E-state index contributed by atoms with van der Waals surface area (Å²) in [4.78, 5) is 26.7. The summed E-state index contributed by atoms with van der Waals surface area (Å²) in [6, 6.07) is 1.16. The number of nitrogens with two attached hydrogens (primary N) is 1. The highest BCUT2D eigenvalue weighted by Crippen LogP contribution is 2.13. The predicted octanol–water partition coefficient (Wildman–Crippen LogP) is 1.04. The number of carbonyl (C=O) groups excluding carboxylic acids is 2. The first-order chi connectivity index (χ1) is 10.0. The molecule has 0 aliphatic carbocycles. The molecule has 1 unspecified atom stereocenters. The zero-order valence-electron chi connectivity index (χ0n) is 12.6. The molecule has 1 atom stereocenters. The molecule has 0 saturated carbocycles. The summed E-state index contributed by atoms with van der Waals surface area (Å²) >= 11 is 1.38. The lowest BCUT2D eigenvalue weighted by Crippen LogP contribution is -2.46. The lowest BCUT2D eigenvalue weighted by molar-refractivity contribution is -0.132. The quantitative estimate of drug-likeness (QED) is 0.798. The van der Waals surface area contributed by atoms with Gasteiger partial charge in [-0.2, -0.15) is 0 Å². The predicted molar refractivity (Wildman–Crippen MR) is 85.1 cm³/mol. The van der Waals surface area contributed by atoms with Gasteiger partial charge in [-0.05, 0) is 26.8 Å². The summed E-state index contributed by atoms with van der Waals surface area (Å²) in [6.07, 6.45) is 0. The van der Waals surface area contributed by atoms with E-state index < -0.39 is 6.04 Å². The van der Waals surface area contributed by atoms with Crippen LogP contribution >= 0.6 is 11.3 Å². The van der Waals surface area contributed by atoms with Crippen molar-refractivity contribution in [1.29, 1.82) is 0 Å². The molecule has 2 amide bonds. The van der Waals surface area contributed by atoms with Crippen molar-refractivity contribution in [3.05, 3.63) is 21.9 Å². The Labute approximate surface area is 129 Å². The average molecular weight is 307 g/mol. The fourth-order valence-corrected chi connectivity index (χ4v) is 2.56. The number of nitrogens with zero attached hydrogens (tertiary/aromatic N) is 1. The molecule has 1 rings (SSSR count). The van der Waals surface area contributed by atoms with Crippen LogP contribution in [0.4, 0.5) is 0 Å². The smallest absolute Gasteiger partial charge is 0.252 e. The van der Waals surface area contributed by atoms with E-state index in [4.69, 9.17) is 5.73 Å². The molecule has 0 saturated heterocycles. The van der Waals surface area contributed by atoms with Crippen LogP contribution in [-0.2, 0) is 4.79 Å². The normalized spacial score (nSPS) is 11.2. The lowest BCUT2D eigenvalue weighted by Gasteiger charge is -2.23. The third-order valence-corrected chi connectivity index (χ3v) is 3.81. The average Bonchev–Trinajstić information content (AvgIpc) is 2.95. The van der Waals surface area contributed by atoms with Gasteiger partial charge in [-0.3, -0.25) is 9.59 Å². The van der Waals surface area contributed by atoms with E-state index in [1.807, 2.05) is 13.8 Å². The van der Waals surface area contributed by atoms with Gasteiger partial charge in [0.05, 0.1) is 17.0 Å². The molecule has 0 aliphatic heterocycles. The van der Waals surface area contributed by atoms with Crippen molar-refractivity contribution in [2.75, 3.05) is 19.6 Å². The van der Waals surface area contributed by atoms with Gasteiger partial charge in [-0.1, -0.05) is 11.8 Å². The minimum atomic E-state index is -0.545. The number of hydrogen-bond donors (Lipinski definition) is 2. The largest absolute Gasteiger partial charge is 0.341 e. The van der Waals surface area contributed by atoms with Crippen LogP contribution in [0.25, 0.3) is 0 Å². The molecule has 5 nitrogen and oxygen atoms in total. The Morgan fingerprint density at radius 2 is 2.10 bits per heavy atom. The topological polar surface area (TPSA) is 75.4 Å². The number of carbonyl (C=O) groups is 2. The SMILES string of the molecule is CCN(CC)C(=O)C(C)NC(=O)c1csc(C#CCN)c1. The zero-order chi connectivity index (χ0) is 15.8. The number of thiophene rings is 1. The Bertz CT molecular complexity index is 553. The summed E-state index contributed by atoms with van der Waals surface area (Å²) in [6.45, 7) is 7.07. The summed E-state index contributed by atoms with van der Waals surface area (Å²) in [5.74, 6) is 5.28. The van der Waals surface area contributed by atoms with Gasteiger partial charge in [0.15, 0.2) is 0 Å². The van der Waals surface area contributed by atoms with Crippen LogP contribution in [0, 0.1) is 11.8 Å². The van der Waals surface area contributed by atoms with E-state index in [1.54, 1.807) is 23.3 Å². The van der Waals surface area contributed by atoms with Gasteiger partial charge in [0.1, 0.15) is 6.04 Å². The van der Waals surface area contributed by atoms with Gasteiger partial charge in [-0.25, -0.2) is 0 Å². The highest BCUT2D eigenvalue weighted by Gasteiger charge is 2.20. The van der Waals surface area contributed by atoms with Gasteiger partial charge in [-0.15, -0.1) is 11.3 Å². The summed E-state index contributed by atoms with van der Waals surface area (Å²) in [5, 5.41) is 4.44. The van der Waals surface area contributed by atoms with Crippen LogP contribution in [-0.4, -0.2) is 42.4 Å². The van der Waals surface area contributed by atoms with Gasteiger partial charge in [0, 0.05) is 18.5 Å². The monoisotopic (exact) mass is 307 g/mol. The fourth-order valence-electron chi connectivity index (χ4n) is 1.81. The second-order valence-electron chi connectivity index (χ2n) is 4.41. The molecule has 6 heteroatoms. The molecule has 21 heavy (non-hydrogen) atoms. The van der Waals surface area contributed by atoms with Gasteiger partial charge in [0.2, 0.25) is 5.91 Å². The van der Waals surface area contributed by atoms with Gasteiger partial charge >= 0.3 is 0 Å². The third-order valence-electron chi connectivity index (χ3n) is 2.97. The highest BCUT2D eigenvalue weighted by atomic mass is 32.1. The maximum absolute atomic E-state index is 12.1. The molecule has 0 radical (unpaired) electrons. The first kappa shape index (κ1) is 17.2. The Kier molecular flexibility index (Phi) is 6.92. The second kappa shape index (κ2) is 8.45. The number of nitrogens with one attached hydrogen (secondary N) is 1. The van der Waals surface area contributed by atoms with Gasteiger partial charge < -0.3 is 16.0 Å². The van der Waals surface area contributed by atoms with E-state index in [9.17, 15) is 9.59 Å². The number of likely N-dealkylation sites (N-methyl/N-ethyl adjacent to an activating group) is 1. The number of hydrogen-bond acceptors (Lipinski definition) is 4. The third kappa shape index (κ3) is 4.88. The Hall–Kier alpha value is -1.84. The van der Waals surface area contributed by atoms with Crippen molar-refractivity contribution >= 4 is 23.2 Å². The summed E-state index contributed by atoms with van der Waals surface area (Å²) in [5.41, 5.74) is 5.82. The fraction of sp³-hybridized carbons (Fsp3) is 0.467. The van der Waals surface area contributed by atoms with Crippen LogP contribution in [0.3, 0.4) is 0 Å². The molecule has 0 fully saturated rings. The molecule has 0 aliphatic rings. The molecular weight excluding hydrogens is 286 g/mol. The maximum Gasteiger partial charge on any atom is 0.252 e. The van der Waals surface area contributed by atoms with Gasteiger partial charge in [0.25, 0.3) is 5.91 Å². The minimum absolute atomic E-state index is 0.0771. The first-order valence-electron chi connectivity index (χ1n) is 6.90. The van der Waals surface area contributed by atoms with Crippen molar-refractivity contribution in [1.82, 2.24) is 10.2 Å². The molecule has 0 spiro atoms. The Balaban J connectivity index is 2.68. The molecule has 1 aromatic heterocycles. The first-order valence-corrected chi connectivity index (χ1v) is 7.78. The van der Waals surface area contributed by atoms with E-state index in [-0.39, 0.29) is 18.4 Å². The molecule has 1 heterocycles.